The Kier molecular flexibility index (Phi) is 8.98. The average molecular weight is 361 g/mol. The van der Waals surface area contributed by atoms with Crippen LogP contribution in [0.3, 0.4) is 0 Å². The van der Waals surface area contributed by atoms with Gasteiger partial charge in [0.15, 0.2) is 6.29 Å². The highest BCUT2D eigenvalue weighted by Crippen LogP contribution is 2.28. The van der Waals surface area contributed by atoms with Crippen molar-refractivity contribution in [3.05, 3.63) is 29.3 Å². The molecular weight excluding hydrogens is 320 g/mol. The molecule has 2 heteroatoms. The van der Waals surface area contributed by atoms with Gasteiger partial charge in [-0.15, -0.1) is 0 Å². The highest BCUT2D eigenvalue weighted by atomic mass is 16.7. The van der Waals surface area contributed by atoms with Gasteiger partial charge in [-0.1, -0.05) is 71.9 Å². The third-order valence-electron chi connectivity index (χ3n) is 5.86. The van der Waals surface area contributed by atoms with Crippen LogP contribution < -0.4 is 4.74 Å². The fourth-order valence-electron chi connectivity index (χ4n) is 3.87. The van der Waals surface area contributed by atoms with Crippen LogP contribution in [0.2, 0.25) is 0 Å². The summed E-state index contributed by atoms with van der Waals surface area (Å²) in [5, 5.41) is 0. The van der Waals surface area contributed by atoms with Gasteiger partial charge in [0, 0.05) is 6.42 Å². The summed E-state index contributed by atoms with van der Waals surface area (Å²) in [6, 6.07) is 6.62. The lowest BCUT2D eigenvalue weighted by Crippen LogP contribution is -2.24. The first-order chi connectivity index (χ1) is 12.5. The van der Waals surface area contributed by atoms with Gasteiger partial charge in [-0.05, 0) is 54.7 Å². The van der Waals surface area contributed by atoms with Gasteiger partial charge in [0.1, 0.15) is 5.75 Å². The van der Waals surface area contributed by atoms with Gasteiger partial charge in [0.25, 0.3) is 0 Å². The Morgan fingerprint density at radius 2 is 1.81 bits per heavy atom. The first kappa shape index (κ1) is 21.3. The number of ether oxygens (including phenoxy) is 2. The third-order valence-corrected chi connectivity index (χ3v) is 5.86. The van der Waals surface area contributed by atoms with Gasteiger partial charge in [0.05, 0.1) is 6.61 Å². The lowest BCUT2D eigenvalue weighted by Gasteiger charge is -2.25. The molecule has 0 spiro atoms. The predicted octanol–water partition coefficient (Wildman–Crippen LogP) is 7.25. The summed E-state index contributed by atoms with van der Waals surface area (Å²) in [6.45, 7) is 12.0. The molecule has 1 fully saturated rings. The Bertz CT molecular complexity index is 517. The maximum absolute atomic E-state index is 6.29. The van der Waals surface area contributed by atoms with Crippen LogP contribution in [-0.4, -0.2) is 12.9 Å². The predicted molar refractivity (Wildman–Crippen MR) is 111 cm³/mol. The highest BCUT2D eigenvalue weighted by molar-refractivity contribution is 5.37. The minimum Gasteiger partial charge on any atom is -0.465 e. The van der Waals surface area contributed by atoms with Crippen LogP contribution in [-0.2, 0) is 4.74 Å². The highest BCUT2D eigenvalue weighted by Gasteiger charge is 2.18. The van der Waals surface area contributed by atoms with E-state index in [0.29, 0.717) is 11.8 Å². The maximum Gasteiger partial charge on any atom is 0.200 e. The van der Waals surface area contributed by atoms with Crippen LogP contribution in [0.1, 0.15) is 96.1 Å². The van der Waals surface area contributed by atoms with Crippen LogP contribution in [0, 0.1) is 18.8 Å². The smallest absolute Gasteiger partial charge is 0.200 e. The van der Waals surface area contributed by atoms with Crippen molar-refractivity contribution in [3.8, 4) is 5.75 Å². The molecule has 26 heavy (non-hydrogen) atoms. The fraction of sp³-hybridized carbons (Fsp3) is 0.750. The van der Waals surface area contributed by atoms with E-state index in [-0.39, 0.29) is 6.29 Å². The molecule has 2 atom stereocenters. The van der Waals surface area contributed by atoms with Crippen LogP contribution in [0.25, 0.3) is 0 Å². The lowest BCUT2D eigenvalue weighted by molar-refractivity contribution is -0.0946. The molecule has 1 aliphatic carbocycles. The molecule has 2 nitrogen and oxygen atoms in total. The lowest BCUT2D eigenvalue weighted by atomic mass is 9.87. The zero-order valence-electron chi connectivity index (χ0n) is 17.7. The molecule has 0 aromatic heterocycles. The SMILES string of the molecule is CCC(C)c1ccc(OC(CC(C)C)OCCC2CCCCC2)c(C)c1. The third kappa shape index (κ3) is 6.95. The number of hydrogen-bond acceptors (Lipinski definition) is 2. The van der Waals surface area contributed by atoms with E-state index in [4.69, 9.17) is 9.47 Å². The Morgan fingerprint density at radius 3 is 2.42 bits per heavy atom. The van der Waals surface area contributed by atoms with E-state index in [2.05, 4.69) is 52.8 Å². The number of aryl methyl sites for hydroxylation is 1. The summed E-state index contributed by atoms with van der Waals surface area (Å²) in [6.07, 6.45) is 10.1. The molecular formula is C24H40O2. The summed E-state index contributed by atoms with van der Waals surface area (Å²) in [7, 11) is 0. The van der Waals surface area contributed by atoms with Crippen molar-refractivity contribution in [1.82, 2.24) is 0 Å². The van der Waals surface area contributed by atoms with E-state index in [9.17, 15) is 0 Å². The second-order valence-electron chi connectivity index (χ2n) is 8.67. The van der Waals surface area contributed by atoms with Crippen molar-refractivity contribution in [2.45, 2.75) is 98.2 Å². The Morgan fingerprint density at radius 1 is 1.08 bits per heavy atom. The molecule has 2 unspecified atom stereocenters. The maximum atomic E-state index is 6.29. The van der Waals surface area contributed by atoms with Crippen LogP contribution in [0.5, 0.6) is 5.75 Å². The first-order valence-corrected chi connectivity index (χ1v) is 10.9. The minimum atomic E-state index is -0.133. The molecule has 148 valence electrons. The topological polar surface area (TPSA) is 18.5 Å². The molecule has 0 amide bonds. The zero-order chi connectivity index (χ0) is 18.9. The van der Waals surface area contributed by atoms with E-state index in [1.807, 2.05) is 0 Å². The van der Waals surface area contributed by atoms with Gasteiger partial charge in [-0.3, -0.25) is 0 Å². The largest absolute Gasteiger partial charge is 0.465 e. The van der Waals surface area contributed by atoms with E-state index < -0.39 is 0 Å². The molecule has 1 aromatic carbocycles. The molecule has 1 aromatic rings. The first-order valence-electron chi connectivity index (χ1n) is 10.9. The summed E-state index contributed by atoms with van der Waals surface area (Å²) >= 11 is 0. The van der Waals surface area contributed by atoms with E-state index >= 15 is 0 Å². The molecule has 1 saturated carbocycles. The molecule has 1 aliphatic rings. The van der Waals surface area contributed by atoms with Crippen molar-refractivity contribution in [2.24, 2.45) is 11.8 Å². The standard InChI is InChI=1S/C24H40O2/c1-6-19(4)22-12-13-23(20(5)17-22)26-24(16-18(2)3)25-15-14-21-10-8-7-9-11-21/h12-13,17-19,21,24H,6-11,14-16H2,1-5H3. The summed E-state index contributed by atoms with van der Waals surface area (Å²) < 4.78 is 12.5. The Labute approximate surface area is 161 Å². The van der Waals surface area contributed by atoms with E-state index in [0.717, 1.165) is 24.7 Å². The number of benzene rings is 1. The summed E-state index contributed by atoms with van der Waals surface area (Å²) in [4.78, 5) is 0. The quantitative estimate of drug-likeness (QED) is 0.409. The molecule has 0 radical (unpaired) electrons. The van der Waals surface area contributed by atoms with Crippen molar-refractivity contribution < 1.29 is 9.47 Å². The second kappa shape index (κ2) is 11.0. The summed E-state index contributed by atoms with van der Waals surface area (Å²) in [5.74, 6) is 3.00. The Balaban J connectivity index is 1.91. The molecule has 2 rings (SSSR count). The second-order valence-corrected chi connectivity index (χ2v) is 8.67. The van der Waals surface area contributed by atoms with Crippen LogP contribution in [0.15, 0.2) is 18.2 Å². The minimum absolute atomic E-state index is 0.133. The van der Waals surface area contributed by atoms with Gasteiger partial charge in [0.2, 0.25) is 0 Å². The van der Waals surface area contributed by atoms with Crippen molar-refractivity contribution in [1.29, 1.82) is 0 Å². The van der Waals surface area contributed by atoms with E-state index in [1.165, 1.54) is 56.1 Å². The van der Waals surface area contributed by atoms with E-state index in [1.54, 1.807) is 0 Å². The summed E-state index contributed by atoms with van der Waals surface area (Å²) in [5.41, 5.74) is 2.61. The van der Waals surface area contributed by atoms with Crippen molar-refractivity contribution in [2.75, 3.05) is 6.61 Å². The van der Waals surface area contributed by atoms with Crippen LogP contribution in [0.4, 0.5) is 0 Å². The van der Waals surface area contributed by atoms with Crippen molar-refractivity contribution in [3.63, 3.8) is 0 Å². The zero-order valence-corrected chi connectivity index (χ0v) is 17.7. The molecule has 0 N–H and O–H groups in total. The average Bonchev–Trinajstić information content (AvgIpc) is 2.63. The van der Waals surface area contributed by atoms with Gasteiger partial charge in [-0.25, -0.2) is 0 Å². The molecule has 0 aliphatic heterocycles. The monoisotopic (exact) mass is 360 g/mol. The van der Waals surface area contributed by atoms with Gasteiger partial charge < -0.3 is 9.47 Å². The Hall–Kier alpha value is -1.02. The number of rotatable bonds is 10. The van der Waals surface area contributed by atoms with Gasteiger partial charge in [-0.2, -0.15) is 0 Å². The fourth-order valence-corrected chi connectivity index (χ4v) is 3.87. The van der Waals surface area contributed by atoms with Crippen molar-refractivity contribution >= 4 is 0 Å². The van der Waals surface area contributed by atoms with Gasteiger partial charge >= 0.3 is 0 Å². The molecule has 0 heterocycles. The molecule has 0 saturated heterocycles. The molecule has 0 bridgehead atoms. The van der Waals surface area contributed by atoms with Crippen LogP contribution >= 0.6 is 0 Å². The normalized spacial score (nSPS) is 18.1. The number of hydrogen-bond donors (Lipinski definition) is 0.